The predicted molar refractivity (Wildman–Crippen MR) is 105 cm³/mol. The highest BCUT2D eigenvalue weighted by molar-refractivity contribution is 6.05. The zero-order valence-corrected chi connectivity index (χ0v) is 15.8. The van der Waals surface area contributed by atoms with Crippen LogP contribution in [-0.4, -0.2) is 35.1 Å². The number of amides is 2. The van der Waals surface area contributed by atoms with Crippen LogP contribution in [0.3, 0.4) is 0 Å². The molecule has 0 bridgehead atoms. The van der Waals surface area contributed by atoms with Gasteiger partial charge in [0.1, 0.15) is 5.70 Å². The second-order valence-corrected chi connectivity index (χ2v) is 7.11. The number of hydrogen-bond donors (Lipinski definition) is 3. The molecular formula is C21H25N3O3. The zero-order chi connectivity index (χ0) is 19.9. The minimum absolute atomic E-state index is 0.00937. The average Bonchev–Trinajstić information content (AvgIpc) is 2.65. The van der Waals surface area contributed by atoms with Gasteiger partial charge in [-0.1, -0.05) is 39.0 Å². The Kier molecular flexibility index (Phi) is 6.85. The van der Waals surface area contributed by atoms with Crippen molar-refractivity contribution in [3.8, 4) is 0 Å². The molecule has 3 N–H and O–H groups in total. The molecule has 6 heteroatoms. The highest BCUT2D eigenvalue weighted by atomic mass is 16.3. The van der Waals surface area contributed by atoms with Gasteiger partial charge in [-0.15, -0.1) is 0 Å². The molecule has 0 radical (unpaired) electrons. The van der Waals surface area contributed by atoms with Crippen molar-refractivity contribution in [1.82, 2.24) is 15.6 Å². The molecule has 0 atom stereocenters. The Morgan fingerprint density at radius 1 is 1.15 bits per heavy atom. The number of aliphatic hydroxyl groups is 1. The summed E-state index contributed by atoms with van der Waals surface area (Å²) in [7, 11) is 0. The van der Waals surface area contributed by atoms with E-state index in [0.29, 0.717) is 11.1 Å². The third-order valence-electron chi connectivity index (χ3n) is 3.90. The Labute approximate surface area is 159 Å². The minimum atomic E-state index is -0.479. The van der Waals surface area contributed by atoms with Gasteiger partial charge in [0.15, 0.2) is 0 Å². The number of carbonyl (C=O) groups excluding carboxylic acids is 2. The van der Waals surface area contributed by atoms with Gasteiger partial charge in [-0.3, -0.25) is 14.6 Å². The summed E-state index contributed by atoms with van der Waals surface area (Å²) in [5.41, 5.74) is 2.32. The number of nitrogens with zero attached hydrogens (tertiary/aromatic N) is 1. The Bertz CT molecular complexity index is 807. The summed E-state index contributed by atoms with van der Waals surface area (Å²) in [5.74, 6) is -0.864. The number of aliphatic hydroxyl groups excluding tert-OH is 1. The van der Waals surface area contributed by atoms with E-state index >= 15 is 0 Å². The maximum Gasteiger partial charge on any atom is 0.267 e. The van der Waals surface area contributed by atoms with E-state index in [1.54, 1.807) is 42.7 Å². The van der Waals surface area contributed by atoms with Gasteiger partial charge in [0.25, 0.3) is 11.8 Å². The Balaban J connectivity index is 2.22. The molecule has 6 nitrogen and oxygen atoms in total. The van der Waals surface area contributed by atoms with E-state index in [1.165, 1.54) is 0 Å². The van der Waals surface area contributed by atoms with Crippen molar-refractivity contribution in [2.24, 2.45) is 0 Å². The predicted octanol–water partition coefficient (Wildman–Crippen LogP) is 2.26. The summed E-state index contributed by atoms with van der Waals surface area (Å²) in [4.78, 5) is 28.9. The van der Waals surface area contributed by atoms with Gasteiger partial charge in [-0.05, 0) is 40.8 Å². The van der Waals surface area contributed by atoms with E-state index in [0.717, 1.165) is 5.56 Å². The summed E-state index contributed by atoms with van der Waals surface area (Å²) in [6.45, 7) is 6.21. The lowest BCUT2D eigenvalue weighted by molar-refractivity contribution is -0.117. The second kappa shape index (κ2) is 9.09. The van der Waals surface area contributed by atoms with E-state index in [1.807, 2.05) is 12.1 Å². The number of hydrogen-bond acceptors (Lipinski definition) is 4. The summed E-state index contributed by atoms with van der Waals surface area (Å²) < 4.78 is 0. The van der Waals surface area contributed by atoms with Crippen molar-refractivity contribution in [2.45, 2.75) is 26.2 Å². The van der Waals surface area contributed by atoms with E-state index < -0.39 is 5.91 Å². The maximum absolute atomic E-state index is 12.6. The molecule has 0 fully saturated rings. The number of nitrogens with one attached hydrogen (secondary N) is 2. The van der Waals surface area contributed by atoms with Crippen LogP contribution < -0.4 is 10.6 Å². The van der Waals surface area contributed by atoms with E-state index in [-0.39, 0.29) is 30.2 Å². The van der Waals surface area contributed by atoms with E-state index in [2.05, 4.69) is 36.4 Å². The molecular weight excluding hydrogens is 342 g/mol. The second-order valence-electron chi connectivity index (χ2n) is 7.11. The van der Waals surface area contributed by atoms with Crippen LogP contribution in [0.4, 0.5) is 0 Å². The Hall–Kier alpha value is -2.99. The van der Waals surface area contributed by atoms with Crippen molar-refractivity contribution < 1.29 is 14.7 Å². The van der Waals surface area contributed by atoms with Gasteiger partial charge in [-0.2, -0.15) is 0 Å². The van der Waals surface area contributed by atoms with Gasteiger partial charge >= 0.3 is 0 Å². The maximum atomic E-state index is 12.6. The first kappa shape index (κ1) is 20.3. The number of rotatable bonds is 6. The summed E-state index contributed by atoms with van der Waals surface area (Å²) in [5, 5.41) is 14.1. The highest BCUT2D eigenvalue weighted by Gasteiger charge is 2.17. The smallest absolute Gasteiger partial charge is 0.267 e. The standard InChI is InChI=1S/C21H25N3O3/c1-21(2,3)17-8-6-16(7-9-17)19(26)24-18(20(27)23-11-12-25)13-15-5-4-10-22-14-15/h4-10,13-14,25H,11-12H2,1-3H3,(H,23,27)(H,24,26). The molecule has 142 valence electrons. The normalized spacial score (nSPS) is 11.8. The van der Waals surface area contributed by atoms with Gasteiger partial charge in [0.05, 0.1) is 6.61 Å². The molecule has 27 heavy (non-hydrogen) atoms. The molecule has 1 heterocycles. The number of aromatic nitrogens is 1. The lowest BCUT2D eigenvalue weighted by Crippen LogP contribution is -2.36. The van der Waals surface area contributed by atoms with Crippen molar-refractivity contribution in [1.29, 1.82) is 0 Å². The van der Waals surface area contributed by atoms with Crippen molar-refractivity contribution in [3.05, 3.63) is 71.2 Å². The fraction of sp³-hybridized carbons (Fsp3) is 0.286. The van der Waals surface area contributed by atoms with Gasteiger partial charge < -0.3 is 15.7 Å². The number of benzene rings is 1. The lowest BCUT2D eigenvalue weighted by Gasteiger charge is -2.19. The summed E-state index contributed by atoms with van der Waals surface area (Å²) in [6.07, 6.45) is 4.75. The topological polar surface area (TPSA) is 91.3 Å². The van der Waals surface area contributed by atoms with Crippen LogP contribution in [0.15, 0.2) is 54.5 Å². The van der Waals surface area contributed by atoms with E-state index in [9.17, 15) is 9.59 Å². The SMILES string of the molecule is CC(C)(C)c1ccc(C(=O)NC(=Cc2cccnc2)C(=O)NCCO)cc1. The highest BCUT2D eigenvalue weighted by Crippen LogP contribution is 2.22. The molecule has 0 aliphatic carbocycles. The number of pyridine rings is 1. The van der Waals surface area contributed by atoms with Crippen LogP contribution in [0.5, 0.6) is 0 Å². The van der Waals surface area contributed by atoms with Crippen LogP contribution in [0.1, 0.15) is 42.3 Å². The first-order valence-corrected chi connectivity index (χ1v) is 8.74. The molecule has 1 aromatic heterocycles. The molecule has 0 saturated heterocycles. The molecule has 2 rings (SSSR count). The molecule has 0 saturated carbocycles. The molecule has 2 amide bonds. The molecule has 0 spiro atoms. The Morgan fingerprint density at radius 3 is 2.41 bits per heavy atom. The lowest BCUT2D eigenvalue weighted by atomic mass is 9.87. The summed E-state index contributed by atoms with van der Waals surface area (Å²) >= 11 is 0. The third kappa shape index (κ3) is 6.04. The van der Waals surface area contributed by atoms with Crippen molar-refractivity contribution in [2.75, 3.05) is 13.2 Å². The van der Waals surface area contributed by atoms with Crippen LogP contribution in [0, 0.1) is 0 Å². The van der Waals surface area contributed by atoms with Crippen LogP contribution in [0.25, 0.3) is 6.08 Å². The van der Waals surface area contributed by atoms with Crippen molar-refractivity contribution in [3.63, 3.8) is 0 Å². The molecule has 0 aliphatic rings. The zero-order valence-electron chi connectivity index (χ0n) is 15.8. The first-order valence-electron chi connectivity index (χ1n) is 8.74. The largest absolute Gasteiger partial charge is 0.395 e. The monoisotopic (exact) mass is 367 g/mol. The minimum Gasteiger partial charge on any atom is -0.395 e. The molecule has 0 unspecified atom stereocenters. The first-order chi connectivity index (χ1) is 12.8. The van der Waals surface area contributed by atoms with Gasteiger partial charge in [-0.25, -0.2) is 0 Å². The fourth-order valence-corrected chi connectivity index (χ4v) is 2.37. The van der Waals surface area contributed by atoms with Crippen LogP contribution >= 0.6 is 0 Å². The summed E-state index contributed by atoms with van der Waals surface area (Å²) in [6, 6.07) is 10.8. The van der Waals surface area contributed by atoms with Gasteiger partial charge in [0.2, 0.25) is 0 Å². The molecule has 1 aromatic carbocycles. The average molecular weight is 367 g/mol. The fourth-order valence-electron chi connectivity index (χ4n) is 2.37. The van der Waals surface area contributed by atoms with Crippen LogP contribution in [-0.2, 0) is 10.2 Å². The van der Waals surface area contributed by atoms with E-state index in [4.69, 9.17) is 5.11 Å². The molecule has 0 aliphatic heterocycles. The van der Waals surface area contributed by atoms with Crippen LogP contribution in [0.2, 0.25) is 0 Å². The third-order valence-corrected chi connectivity index (χ3v) is 3.90. The number of carbonyl (C=O) groups is 2. The Morgan fingerprint density at radius 2 is 1.85 bits per heavy atom. The van der Waals surface area contributed by atoms with Crippen molar-refractivity contribution >= 4 is 17.9 Å². The molecule has 2 aromatic rings. The quantitative estimate of drug-likeness (QED) is 0.683. The van der Waals surface area contributed by atoms with Gasteiger partial charge in [0, 0.05) is 24.5 Å².